The first-order valence-electron chi connectivity index (χ1n) is 11.1. The number of unbranched alkanes of at least 4 members (excludes halogenated alkanes) is 7. The fourth-order valence-electron chi connectivity index (χ4n) is 3.83. The summed E-state index contributed by atoms with van der Waals surface area (Å²) in [6, 6.07) is 9.33. The van der Waals surface area contributed by atoms with Crippen LogP contribution in [-0.4, -0.2) is 15.3 Å². The summed E-state index contributed by atoms with van der Waals surface area (Å²) in [6.45, 7) is 4.50. The third-order valence-corrected chi connectivity index (χ3v) is 5.54. The van der Waals surface area contributed by atoms with Crippen LogP contribution in [0.3, 0.4) is 0 Å². The first-order valence-corrected chi connectivity index (χ1v) is 11.1. The SMILES string of the molecule is CCCCCCCC(CCCCCC)c1cc(-c2ccccc2O)nnc1N. The van der Waals surface area contributed by atoms with Gasteiger partial charge in [0.25, 0.3) is 0 Å². The van der Waals surface area contributed by atoms with Gasteiger partial charge in [0.05, 0.1) is 5.69 Å². The van der Waals surface area contributed by atoms with Gasteiger partial charge in [0.2, 0.25) is 0 Å². The molecule has 0 fully saturated rings. The smallest absolute Gasteiger partial charge is 0.149 e. The standard InChI is InChI=1S/C24H37N3O/c1-3-5-7-9-11-15-19(14-10-8-6-4-2)21-18-22(26-27-24(21)25)20-16-12-13-17-23(20)28/h12-13,16-19,28H,3-11,14-15H2,1-2H3,(H2,25,27). The van der Waals surface area contributed by atoms with E-state index >= 15 is 0 Å². The highest BCUT2D eigenvalue weighted by Crippen LogP contribution is 2.35. The van der Waals surface area contributed by atoms with E-state index in [1.165, 1.54) is 57.8 Å². The lowest BCUT2D eigenvalue weighted by atomic mass is 9.88. The highest BCUT2D eigenvalue weighted by atomic mass is 16.3. The molecule has 0 aliphatic heterocycles. The van der Waals surface area contributed by atoms with Crippen LogP contribution in [-0.2, 0) is 0 Å². The lowest BCUT2D eigenvalue weighted by molar-refractivity contribution is 0.477. The fourth-order valence-corrected chi connectivity index (χ4v) is 3.83. The van der Waals surface area contributed by atoms with E-state index in [2.05, 4.69) is 24.0 Å². The molecule has 0 spiro atoms. The van der Waals surface area contributed by atoms with Crippen molar-refractivity contribution in [3.63, 3.8) is 0 Å². The van der Waals surface area contributed by atoms with Gasteiger partial charge in [-0.3, -0.25) is 0 Å². The molecule has 1 atom stereocenters. The molecule has 0 aliphatic rings. The molecule has 4 heteroatoms. The second-order valence-electron chi connectivity index (χ2n) is 7.84. The van der Waals surface area contributed by atoms with Gasteiger partial charge in [-0.1, -0.05) is 83.8 Å². The minimum Gasteiger partial charge on any atom is -0.507 e. The Hall–Kier alpha value is -2.10. The van der Waals surface area contributed by atoms with Crippen molar-refractivity contribution in [3.8, 4) is 17.0 Å². The predicted molar refractivity (Wildman–Crippen MR) is 118 cm³/mol. The van der Waals surface area contributed by atoms with E-state index in [1.54, 1.807) is 6.07 Å². The van der Waals surface area contributed by atoms with Gasteiger partial charge in [-0.05, 0) is 37.0 Å². The molecule has 0 saturated heterocycles. The van der Waals surface area contributed by atoms with Crippen molar-refractivity contribution in [1.29, 1.82) is 0 Å². The lowest BCUT2D eigenvalue weighted by Crippen LogP contribution is -2.08. The summed E-state index contributed by atoms with van der Waals surface area (Å²) in [5, 5.41) is 18.7. The maximum Gasteiger partial charge on any atom is 0.149 e. The number of hydrogen-bond donors (Lipinski definition) is 2. The first kappa shape index (κ1) is 22.2. The molecule has 2 rings (SSSR count). The minimum atomic E-state index is 0.228. The monoisotopic (exact) mass is 383 g/mol. The van der Waals surface area contributed by atoms with Crippen molar-refractivity contribution in [2.75, 3.05) is 5.73 Å². The maximum absolute atomic E-state index is 10.2. The number of nitrogens with zero attached hydrogens (tertiary/aromatic N) is 2. The van der Waals surface area contributed by atoms with Gasteiger partial charge in [-0.2, -0.15) is 0 Å². The van der Waals surface area contributed by atoms with Gasteiger partial charge in [0.15, 0.2) is 0 Å². The summed E-state index contributed by atoms with van der Waals surface area (Å²) in [5.41, 5.74) is 8.76. The van der Waals surface area contributed by atoms with Crippen LogP contribution in [0, 0.1) is 0 Å². The number of aromatic hydroxyl groups is 1. The van der Waals surface area contributed by atoms with Crippen molar-refractivity contribution in [2.45, 2.75) is 90.4 Å². The minimum absolute atomic E-state index is 0.228. The number of hydrogen-bond acceptors (Lipinski definition) is 4. The Morgan fingerprint density at radius 3 is 2.11 bits per heavy atom. The zero-order chi connectivity index (χ0) is 20.2. The fraction of sp³-hybridized carbons (Fsp3) is 0.583. The zero-order valence-electron chi connectivity index (χ0n) is 17.7. The normalized spacial score (nSPS) is 12.2. The molecule has 0 amide bonds. The topological polar surface area (TPSA) is 72.0 Å². The molecule has 2 aromatic rings. The van der Waals surface area contributed by atoms with Gasteiger partial charge in [-0.25, -0.2) is 0 Å². The molecule has 1 unspecified atom stereocenters. The number of anilines is 1. The van der Waals surface area contributed by atoms with Crippen molar-refractivity contribution in [2.24, 2.45) is 0 Å². The zero-order valence-corrected chi connectivity index (χ0v) is 17.7. The number of rotatable bonds is 13. The summed E-state index contributed by atoms with van der Waals surface area (Å²) in [6.07, 6.45) is 13.7. The Balaban J connectivity index is 2.17. The second kappa shape index (κ2) is 12.4. The molecule has 28 heavy (non-hydrogen) atoms. The van der Waals surface area contributed by atoms with E-state index in [9.17, 15) is 5.11 Å². The number of para-hydroxylation sites is 1. The average molecular weight is 384 g/mol. The average Bonchev–Trinajstić information content (AvgIpc) is 2.70. The third kappa shape index (κ3) is 6.81. The summed E-state index contributed by atoms with van der Waals surface area (Å²) in [4.78, 5) is 0. The first-order chi connectivity index (χ1) is 13.7. The Morgan fingerprint density at radius 2 is 1.46 bits per heavy atom. The van der Waals surface area contributed by atoms with E-state index < -0.39 is 0 Å². The lowest BCUT2D eigenvalue weighted by Gasteiger charge is -2.19. The van der Waals surface area contributed by atoms with Crippen LogP contribution in [0.25, 0.3) is 11.3 Å². The van der Waals surface area contributed by atoms with Crippen LogP contribution in [0.5, 0.6) is 5.75 Å². The molecule has 154 valence electrons. The van der Waals surface area contributed by atoms with Gasteiger partial charge in [-0.15, -0.1) is 10.2 Å². The number of aromatic nitrogens is 2. The van der Waals surface area contributed by atoms with Gasteiger partial charge in [0, 0.05) is 11.1 Å². The number of nitrogens with two attached hydrogens (primary N) is 1. The van der Waals surface area contributed by atoms with Gasteiger partial charge >= 0.3 is 0 Å². The van der Waals surface area contributed by atoms with Crippen LogP contribution >= 0.6 is 0 Å². The van der Waals surface area contributed by atoms with Crippen molar-refractivity contribution >= 4 is 5.82 Å². The number of phenolic OH excluding ortho intramolecular Hbond substituents is 1. The highest BCUT2D eigenvalue weighted by molar-refractivity contribution is 5.67. The summed E-state index contributed by atoms with van der Waals surface area (Å²) in [7, 11) is 0. The van der Waals surface area contributed by atoms with E-state index in [4.69, 9.17) is 5.73 Å². The van der Waals surface area contributed by atoms with Crippen molar-refractivity contribution < 1.29 is 5.11 Å². The molecule has 4 nitrogen and oxygen atoms in total. The Kier molecular flexibility index (Phi) is 9.81. The largest absolute Gasteiger partial charge is 0.507 e. The summed E-state index contributed by atoms with van der Waals surface area (Å²) >= 11 is 0. The van der Waals surface area contributed by atoms with E-state index in [-0.39, 0.29) is 5.75 Å². The Labute approximate surface area is 170 Å². The molecule has 1 aromatic carbocycles. The van der Waals surface area contributed by atoms with E-state index in [0.717, 1.165) is 18.4 Å². The van der Waals surface area contributed by atoms with E-state index in [0.29, 0.717) is 23.0 Å². The number of phenols is 1. The van der Waals surface area contributed by atoms with Crippen LogP contribution in [0.2, 0.25) is 0 Å². The summed E-state index contributed by atoms with van der Waals surface area (Å²) in [5.74, 6) is 1.18. The predicted octanol–water partition coefficient (Wildman–Crippen LogP) is 6.85. The Morgan fingerprint density at radius 1 is 0.857 bits per heavy atom. The molecule has 1 heterocycles. The number of nitrogen functional groups attached to an aromatic ring is 1. The highest BCUT2D eigenvalue weighted by Gasteiger charge is 2.18. The molecule has 3 N–H and O–H groups in total. The molecule has 0 radical (unpaired) electrons. The van der Waals surface area contributed by atoms with E-state index in [1.807, 2.05) is 24.3 Å². The molecule has 0 aliphatic carbocycles. The molecule has 0 saturated carbocycles. The Bertz CT molecular complexity index is 702. The molecular weight excluding hydrogens is 346 g/mol. The van der Waals surface area contributed by atoms with Gasteiger partial charge < -0.3 is 10.8 Å². The third-order valence-electron chi connectivity index (χ3n) is 5.54. The molecule has 0 bridgehead atoms. The van der Waals surface area contributed by atoms with Crippen LogP contribution in [0.15, 0.2) is 30.3 Å². The second-order valence-corrected chi connectivity index (χ2v) is 7.84. The van der Waals surface area contributed by atoms with Crippen LogP contribution in [0.1, 0.15) is 96.0 Å². The van der Waals surface area contributed by atoms with Crippen LogP contribution < -0.4 is 5.73 Å². The van der Waals surface area contributed by atoms with Crippen LogP contribution in [0.4, 0.5) is 5.82 Å². The van der Waals surface area contributed by atoms with Crippen molar-refractivity contribution in [1.82, 2.24) is 10.2 Å². The molecule has 1 aromatic heterocycles. The number of benzene rings is 1. The van der Waals surface area contributed by atoms with Crippen molar-refractivity contribution in [3.05, 3.63) is 35.9 Å². The molecular formula is C24H37N3O. The van der Waals surface area contributed by atoms with Gasteiger partial charge in [0.1, 0.15) is 11.6 Å². The maximum atomic E-state index is 10.2. The summed E-state index contributed by atoms with van der Waals surface area (Å²) < 4.78 is 0. The quantitative estimate of drug-likeness (QED) is 0.371.